The van der Waals surface area contributed by atoms with Gasteiger partial charge in [-0.15, -0.1) is 0 Å². The van der Waals surface area contributed by atoms with E-state index in [0.717, 1.165) is 19.2 Å². The summed E-state index contributed by atoms with van der Waals surface area (Å²) in [6.07, 6.45) is -3.05. The van der Waals surface area contributed by atoms with E-state index in [1.807, 2.05) is 0 Å². The van der Waals surface area contributed by atoms with Gasteiger partial charge in [0.1, 0.15) is 17.2 Å². The van der Waals surface area contributed by atoms with Gasteiger partial charge in [-0.05, 0) is 6.07 Å². The molecule has 0 fully saturated rings. The maximum Gasteiger partial charge on any atom is 0.344 e. The molecule has 8 heteroatoms. The normalized spacial score (nSPS) is 9.94. The first-order valence-corrected chi connectivity index (χ1v) is 4.51. The molecule has 0 saturated heterocycles. The summed E-state index contributed by atoms with van der Waals surface area (Å²) >= 11 is 0. The maximum atomic E-state index is 12.6. The lowest BCUT2D eigenvalue weighted by Gasteiger charge is -2.06. The number of halogens is 2. The van der Waals surface area contributed by atoms with E-state index in [4.69, 9.17) is 5.26 Å². The van der Waals surface area contributed by atoms with Crippen LogP contribution in [0.1, 0.15) is 27.9 Å². The van der Waals surface area contributed by atoms with Crippen LogP contribution in [0.2, 0.25) is 0 Å². The van der Waals surface area contributed by atoms with Crippen molar-refractivity contribution in [1.29, 1.82) is 5.26 Å². The molecular weight excluding hydrogens is 250 g/mol. The lowest BCUT2D eigenvalue weighted by atomic mass is 10.0. The van der Waals surface area contributed by atoms with Crippen molar-refractivity contribution in [3.63, 3.8) is 0 Å². The summed E-state index contributed by atoms with van der Waals surface area (Å²) in [4.78, 5) is 21.0. The van der Waals surface area contributed by atoms with Crippen molar-refractivity contribution in [2.45, 2.75) is 6.43 Å². The summed E-state index contributed by atoms with van der Waals surface area (Å²) < 4.78 is 29.5. The number of methoxy groups -OCH3 is 1. The molecule has 0 radical (unpaired) electrons. The highest BCUT2D eigenvalue weighted by Gasteiger charge is 2.30. The van der Waals surface area contributed by atoms with Crippen LogP contribution < -0.4 is 0 Å². The standard InChI is InChI=1S/C10H6F2N2O4/c1-18-10(15)6-3-2-5(9(11)12)7(4-13)8(6)14(16)17/h2-3,9H,1H3. The quantitative estimate of drug-likeness (QED) is 0.469. The number of hydrogen-bond donors (Lipinski definition) is 0. The van der Waals surface area contributed by atoms with Crippen LogP contribution in [0.25, 0.3) is 0 Å². The second-order valence-corrected chi connectivity index (χ2v) is 3.09. The number of nitro groups is 1. The first-order valence-electron chi connectivity index (χ1n) is 4.51. The number of nitro benzene ring substituents is 1. The lowest BCUT2D eigenvalue weighted by Crippen LogP contribution is -2.09. The Labute approximate surface area is 99.5 Å². The Morgan fingerprint density at radius 1 is 1.56 bits per heavy atom. The van der Waals surface area contributed by atoms with Gasteiger partial charge < -0.3 is 4.74 Å². The second-order valence-electron chi connectivity index (χ2n) is 3.09. The van der Waals surface area contributed by atoms with Gasteiger partial charge in [0, 0.05) is 5.56 Å². The van der Waals surface area contributed by atoms with Gasteiger partial charge in [0.25, 0.3) is 6.43 Å². The molecule has 0 aliphatic heterocycles. The fourth-order valence-corrected chi connectivity index (χ4v) is 1.37. The molecule has 0 aliphatic carbocycles. The first-order chi connectivity index (χ1) is 8.43. The van der Waals surface area contributed by atoms with Gasteiger partial charge in [-0.25, -0.2) is 13.6 Å². The summed E-state index contributed by atoms with van der Waals surface area (Å²) in [6.45, 7) is 0. The predicted molar refractivity (Wildman–Crippen MR) is 54.1 cm³/mol. The van der Waals surface area contributed by atoms with Crippen LogP contribution in [0, 0.1) is 21.4 Å². The van der Waals surface area contributed by atoms with Gasteiger partial charge in [0.05, 0.1) is 12.0 Å². The Bertz CT molecular complexity index is 552. The van der Waals surface area contributed by atoms with E-state index in [1.165, 1.54) is 6.07 Å². The van der Waals surface area contributed by atoms with Gasteiger partial charge >= 0.3 is 11.7 Å². The third kappa shape index (κ3) is 2.24. The van der Waals surface area contributed by atoms with E-state index in [0.29, 0.717) is 0 Å². The molecule has 0 saturated carbocycles. The number of esters is 1. The van der Waals surface area contributed by atoms with Crippen LogP contribution in [0.5, 0.6) is 0 Å². The number of alkyl halides is 2. The van der Waals surface area contributed by atoms with Crippen molar-refractivity contribution in [3.05, 3.63) is 38.9 Å². The van der Waals surface area contributed by atoms with Gasteiger partial charge in [0.15, 0.2) is 0 Å². The second kappa shape index (κ2) is 5.18. The van der Waals surface area contributed by atoms with Crippen LogP contribution in [-0.4, -0.2) is 18.0 Å². The fourth-order valence-electron chi connectivity index (χ4n) is 1.37. The number of nitrogens with zero attached hydrogens (tertiary/aromatic N) is 2. The Balaban J connectivity index is 3.65. The maximum absolute atomic E-state index is 12.6. The van der Waals surface area contributed by atoms with Crippen molar-refractivity contribution in [2.75, 3.05) is 7.11 Å². The topological polar surface area (TPSA) is 93.2 Å². The van der Waals surface area contributed by atoms with Crippen LogP contribution in [0.4, 0.5) is 14.5 Å². The van der Waals surface area contributed by atoms with E-state index in [-0.39, 0.29) is 0 Å². The van der Waals surface area contributed by atoms with Crippen molar-refractivity contribution in [3.8, 4) is 6.07 Å². The van der Waals surface area contributed by atoms with Crippen LogP contribution in [0.3, 0.4) is 0 Å². The zero-order valence-electron chi connectivity index (χ0n) is 9.02. The average Bonchev–Trinajstić information content (AvgIpc) is 2.35. The Morgan fingerprint density at radius 3 is 2.56 bits per heavy atom. The largest absolute Gasteiger partial charge is 0.465 e. The molecule has 0 heterocycles. The summed E-state index contributed by atoms with van der Waals surface area (Å²) in [5.41, 5.74) is -3.14. The molecule has 94 valence electrons. The molecule has 0 bridgehead atoms. The Kier molecular flexibility index (Phi) is 3.89. The molecule has 0 N–H and O–H groups in total. The van der Waals surface area contributed by atoms with E-state index >= 15 is 0 Å². The minimum atomic E-state index is -3.05. The SMILES string of the molecule is COC(=O)c1ccc(C(F)F)c(C#N)c1[N+](=O)[O-]. The smallest absolute Gasteiger partial charge is 0.344 e. The number of benzene rings is 1. The van der Waals surface area contributed by atoms with E-state index < -0.39 is 39.7 Å². The number of nitriles is 1. The molecule has 0 spiro atoms. The number of carbonyl (C=O) groups excluding carboxylic acids is 1. The molecule has 0 aromatic heterocycles. The number of rotatable bonds is 3. The van der Waals surface area contributed by atoms with Crippen molar-refractivity contribution in [1.82, 2.24) is 0 Å². The zero-order chi connectivity index (χ0) is 13.9. The van der Waals surface area contributed by atoms with Crippen LogP contribution >= 0.6 is 0 Å². The molecule has 1 aromatic carbocycles. The monoisotopic (exact) mass is 256 g/mol. The first kappa shape index (κ1) is 13.5. The minimum absolute atomic E-state index is 0.538. The molecule has 0 aliphatic rings. The van der Waals surface area contributed by atoms with Crippen LogP contribution in [0.15, 0.2) is 12.1 Å². The summed E-state index contributed by atoms with van der Waals surface area (Å²) in [7, 11) is 0.985. The van der Waals surface area contributed by atoms with Gasteiger partial charge in [0.2, 0.25) is 0 Å². The lowest BCUT2D eigenvalue weighted by molar-refractivity contribution is -0.385. The van der Waals surface area contributed by atoms with Crippen LogP contribution in [-0.2, 0) is 4.74 Å². The summed E-state index contributed by atoms with van der Waals surface area (Å²) in [6, 6.07) is 2.95. The molecule has 0 amide bonds. The molecule has 18 heavy (non-hydrogen) atoms. The summed E-state index contributed by atoms with van der Waals surface area (Å²) in [5, 5.41) is 19.5. The van der Waals surface area contributed by atoms with Crippen molar-refractivity contribution < 1.29 is 23.2 Å². The van der Waals surface area contributed by atoms with Crippen molar-refractivity contribution in [2.24, 2.45) is 0 Å². The summed E-state index contributed by atoms with van der Waals surface area (Å²) in [5.74, 6) is -1.07. The molecule has 6 nitrogen and oxygen atoms in total. The highest BCUT2D eigenvalue weighted by Crippen LogP contribution is 2.32. The zero-order valence-corrected chi connectivity index (χ0v) is 9.02. The number of carbonyl (C=O) groups is 1. The van der Waals surface area contributed by atoms with Gasteiger partial charge in [-0.3, -0.25) is 10.1 Å². The third-order valence-corrected chi connectivity index (χ3v) is 2.14. The van der Waals surface area contributed by atoms with Crippen molar-refractivity contribution >= 4 is 11.7 Å². The Hall–Kier alpha value is -2.56. The molecule has 0 atom stereocenters. The predicted octanol–water partition coefficient (Wildman–Crippen LogP) is 2.19. The van der Waals surface area contributed by atoms with Gasteiger partial charge in [-0.2, -0.15) is 5.26 Å². The third-order valence-electron chi connectivity index (χ3n) is 2.14. The molecular formula is C10H6F2N2O4. The average molecular weight is 256 g/mol. The van der Waals surface area contributed by atoms with E-state index in [1.54, 1.807) is 0 Å². The highest BCUT2D eigenvalue weighted by atomic mass is 19.3. The highest BCUT2D eigenvalue weighted by molar-refractivity contribution is 5.95. The minimum Gasteiger partial charge on any atom is -0.465 e. The molecule has 1 rings (SSSR count). The fraction of sp³-hybridized carbons (Fsp3) is 0.200. The molecule has 0 unspecified atom stereocenters. The number of hydrogen-bond acceptors (Lipinski definition) is 5. The van der Waals surface area contributed by atoms with E-state index in [2.05, 4.69) is 4.74 Å². The Morgan fingerprint density at radius 2 is 2.17 bits per heavy atom. The van der Waals surface area contributed by atoms with Gasteiger partial charge in [-0.1, -0.05) is 6.07 Å². The molecule has 1 aromatic rings. The number of ether oxygens (including phenoxy) is 1. The van der Waals surface area contributed by atoms with E-state index in [9.17, 15) is 23.7 Å².